The number of carbonyl (C=O) groups is 2. The molecule has 0 radical (unpaired) electrons. The summed E-state index contributed by atoms with van der Waals surface area (Å²) < 4.78 is 26.8. The average molecular weight is 354 g/mol. The molecular formula is C13H6BrF2N3O2. The van der Waals surface area contributed by atoms with Gasteiger partial charge >= 0.3 is 0 Å². The number of benzene rings is 1. The Morgan fingerprint density at radius 1 is 1.05 bits per heavy atom. The van der Waals surface area contributed by atoms with Crippen LogP contribution in [-0.4, -0.2) is 16.8 Å². The monoisotopic (exact) mass is 353 g/mol. The maximum atomic E-state index is 13.2. The normalized spacial score (nSPS) is 13.8. The van der Waals surface area contributed by atoms with Crippen molar-refractivity contribution in [3.63, 3.8) is 0 Å². The van der Waals surface area contributed by atoms with Gasteiger partial charge in [0.25, 0.3) is 11.8 Å². The Labute approximate surface area is 125 Å². The Morgan fingerprint density at radius 2 is 1.57 bits per heavy atom. The molecule has 2 N–H and O–H groups in total. The summed E-state index contributed by atoms with van der Waals surface area (Å²) in [5.41, 5.74) is 5.46. The lowest BCUT2D eigenvalue weighted by Crippen LogP contribution is -2.30. The number of imide groups is 1. The van der Waals surface area contributed by atoms with E-state index in [1.807, 2.05) is 0 Å². The van der Waals surface area contributed by atoms with Gasteiger partial charge < -0.3 is 5.73 Å². The van der Waals surface area contributed by atoms with Crippen LogP contribution in [-0.2, 0) is 0 Å². The summed E-state index contributed by atoms with van der Waals surface area (Å²) in [5.74, 6) is -3.92. The number of anilines is 2. The summed E-state index contributed by atoms with van der Waals surface area (Å²) in [7, 11) is 0. The van der Waals surface area contributed by atoms with E-state index < -0.39 is 23.4 Å². The number of nitrogen functional groups attached to an aromatic ring is 1. The van der Waals surface area contributed by atoms with Crippen LogP contribution in [0.25, 0.3) is 0 Å². The molecule has 2 amide bonds. The van der Waals surface area contributed by atoms with Crippen molar-refractivity contribution in [2.75, 3.05) is 10.6 Å². The van der Waals surface area contributed by atoms with Gasteiger partial charge in [-0.3, -0.25) is 9.59 Å². The van der Waals surface area contributed by atoms with Gasteiger partial charge in [0.15, 0.2) is 17.5 Å². The molecular weight excluding hydrogens is 348 g/mol. The number of aromatic nitrogens is 1. The van der Waals surface area contributed by atoms with Gasteiger partial charge in [0.05, 0.1) is 27.5 Å². The van der Waals surface area contributed by atoms with Gasteiger partial charge in [-0.15, -0.1) is 0 Å². The van der Waals surface area contributed by atoms with Gasteiger partial charge in [0.1, 0.15) is 0 Å². The molecule has 0 aliphatic carbocycles. The fraction of sp³-hybridized carbons (Fsp3) is 0. The van der Waals surface area contributed by atoms with E-state index in [0.717, 1.165) is 4.90 Å². The van der Waals surface area contributed by atoms with Crippen LogP contribution in [0.2, 0.25) is 0 Å². The molecule has 0 saturated heterocycles. The van der Waals surface area contributed by atoms with Crippen molar-refractivity contribution in [1.82, 2.24) is 4.98 Å². The third kappa shape index (κ3) is 1.99. The van der Waals surface area contributed by atoms with Crippen LogP contribution >= 0.6 is 15.9 Å². The van der Waals surface area contributed by atoms with Crippen molar-refractivity contribution in [3.05, 3.63) is 51.6 Å². The van der Waals surface area contributed by atoms with E-state index in [0.29, 0.717) is 22.3 Å². The number of nitrogens with two attached hydrogens (primary N) is 1. The van der Waals surface area contributed by atoms with Crippen LogP contribution in [0.5, 0.6) is 0 Å². The lowest BCUT2D eigenvalue weighted by molar-refractivity contribution is 0.0924. The van der Waals surface area contributed by atoms with Gasteiger partial charge in [0.2, 0.25) is 0 Å². The largest absolute Gasteiger partial charge is 0.397 e. The van der Waals surface area contributed by atoms with E-state index in [-0.39, 0.29) is 16.9 Å². The molecule has 0 spiro atoms. The Balaban J connectivity index is 2.16. The van der Waals surface area contributed by atoms with Crippen LogP contribution in [0.15, 0.2) is 28.9 Å². The van der Waals surface area contributed by atoms with E-state index in [9.17, 15) is 18.4 Å². The number of amides is 2. The summed E-state index contributed by atoms with van der Waals surface area (Å²) in [4.78, 5) is 29.1. The van der Waals surface area contributed by atoms with Crippen molar-refractivity contribution in [2.24, 2.45) is 0 Å². The molecule has 1 aliphatic rings. The highest BCUT2D eigenvalue weighted by molar-refractivity contribution is 9.10. The number of halogens is 3. The number of hydrogen-bond donors (Lipinski definition) is 1. The Kier molecular flexibility index (Phi) is 2.98. The Bertz CT molecular complexity index is 769. The molecule has 0 fully saturated rings. The Hall–Kier alpha value is -2.35. The number of fused-ring (bicyclic) bond motifs is 1. The van der Waals surface area contributed by atoms with Gasteiger partial charge in [-0.25, -0.2) is 18.7 Å². The molecule has 1 aromatic heterocycles. The standard InChI is InChI=1S/C13H6BrF2N3O2/c14-8-1-5(17)4-18-11(8)19-12(20)6-2-9(15)10(16)3-7(6)13(19)21/h1-4H,17H2. The van der Waals surface area contributed by atoms with Crippen LogP contribution in [0, 0.1) is 11.6 Å². The highest BCUT2D eigenvalue weighted by atomic mass is 79.9. The highest BCUT2D eigenvalue weighted by Crippen LogP contribution is 2.33. The van der Waals surface area contributed by atoms with Crippen molar-refractivity contribution < 1.29 is 18.4 Å². The van der Waals surface area contributed by atoms with Crippen molar-refractivity contribution in [3.8, 4) is 0 Å². The second-order valence-corrected chi connectivity index (χ2v) is 5.19. The molecule has 1 aliphatic heterocycles. The highest BCUT2D eigenvalue weighted by Gasteiger charge is 2.39. The summed E-state index contributed by atoms with van der Waals surface area (Å²) >= 11 is 3.15. The minimum Gasteiger partial charge on any atom is -0.397 e. The van der Waals surface area contributed by atoms with Crippen molar-refractivity contribution >= 4 is 39.2 Å². The predicted molar refractivity (Wildman–Crippen MR) is 73.8 cm³/mol. The third-order valence-corrected chi connectivity index (χ3v) is 3.57. The maximum Gasteiger partial charge on any atom is 0.267 e. The molecule has 0 bridgehead atoms. The molecule has 0 unspecified atom stereocenters. The minimum atomic E-state index is -1.19. The summed E-state index contributed by atoms with van der Waals surface area (Å²) in [6.45, 7) is 0. The molecule has 8 heteroatoms. The van der Waals surface area contributed by atoms with Crippen LogP contribution < -0.4 is 10.6 Å². The number of hydrogen-bond acceptors (Lipinski definition) is 4. The Morgan fingerprint density at radius 3 is 2.05 bits per heavy atom. The van der Waals surface area contributed by atoms with E-state index in [2.05, 4.69) is 20.9 Å². The number of pyridine rings is 1. The zero-order valence-electron chi connectivity index (χ0n) is 10.2. The molecule has 0 atom stereocenters. The second kappa shape index (κ2) is 4.59. The van der Waals surface area contributed by atoms with Crippen LogP contribution in [0.4, 0.5) is 20.3 Å². The molecule has 3 rings (SSSR count). The first-order chi connectivity index (χ1) is 9.90. The van der Waals surface area contributed by atoms with E-state index in [1.165, 1.54) is 12.3 Å². The van der Waals surface area contributed by atoms with Gasteiger partial charge in [-0.1, -0.05) is 0 Å². The zero-order chi connectivity index (χ0) is 15.3. The van der Waals surface area contributed by atoms with E-state index >= 15 is 0 Å². The van der Waals surface area contributed by atoms with E-state index in [4.69, 9.17) is 5.73 Å². The quantitative estimate of drug-likeness (QED) is 0.799. The first-order valence-corrected chi connectivity index (χ1v) is 6.48. The number of rotatable bonds is 1. The first kappa shape index (κ1) is 13.6. The van der Waals surface area contributed by atoms with E-state index in [1.54, 1.807) is 0 Å². The fourth-order valence-corrected chi connectivity index (χ4v) is 2.58. The minimum absolute atomic E-state index is 0.0104. The van der Waals surface area contributed by atoms with Crippen molar-refractivity contribution in [2.45, 2.75) is 0 Å². The van der Waals surface area contributed by atoms with Gasteiger partial charge in [-0.05, 0) is 34.1 Å². The smallest absolute Gasteiger partial charge is 0.267 e. The van der Waals surface area contributed by atoms with Crippen LogP contribution in [0.1, 0.15) is 20.7 Å². The summed E-state index contributed by atoms with van der Waals surface area (Å²) in [6.07, 6.45) is 1.27. The molecule has 106 valence electrons. The molecule has 21 heavy (non-hydrogen) atoms. The summed E-state index contributed by atoms with van der Waals surface area (Å²) in [6, 6.07) is 2.87. The molecule has 2 heterocycles. The van der Waals surface area contributed by atoms with Crippen molar-refractivity contribution in [1.29, 1.82) is 0 Å². The second-order valence-electron chi connectivity index (χ2n) is 4.33. The zero-order valence-corrected chi connectivity index (χ0v) is 11.8. The number of nitrogens with zero attached hydrogens (tertiary/aromatic N) is 2. The average Bonchev–Trinajstić information content (AvgIpc) is 2.64. The van der Waals surface area contributed by atoms with Gasteiger partial charge in [0, 0.05) is 0 Å². The first-order valence-electron chi connectivity index (χ1n) is 5.69. The summed E-state index contributed by atoms with van der Waals surface area (Å²) in [5, 5.41) is 0. The van der Waals surface area contributed by atoms with Crippen LogP contribution in [0.3, 0.4) is 0 Å². The van der Waals surface area contributed by atoms with Gasteiger partial charge in [-0.2, -0.15) is 0 Å². The lowest BCUT2D eigenvalue weighted by atomic mass is 10.1. The third-order valence-electron chi connectivity index (χ3n) is 2.98. The molecule has 5 nitrogen and oxygen atoms in total. The fourth-order valence-electron chi connectivity index (χ4n) is 2.04. The lowest BCUT2D eigenvalue weighted by Gasteiger charge is -2.14. The molecule has 0 saturated carbocycles. The number of carbonyl (C=O) groups excluding carboxylic acids is 2. The topological polar surface area (TPSA) is 76.3 Å². The predicted octanol–water partition coefficient (Wildman–Crippen LogP) is 2.51. The molecule has 1 aromatic carbocycles. The maximum absolute atomic E-state index is 13.2. The molecule has 2 aromatic rings. The SMILES string of the molecule is Nc1cnc(N2C(=O)c3cc(F)c(F)cc3C2=O)c(Br)c1.